The van der Waals surface area contributed by atoms with Gasteiger partial charge in [0.05, 0.1) is 12.8 Å². The van der Waals surface area contributed by atoms with Crippen LogP contribution in [0.1, 0.15) is 28.4 Å². The third-order valence-corrected chi connectivity index (χ3v) is 4.38. The van der Waals surface area contributed by atoms with E-state index in [0.717, 1.165) is 5.56 Å². The van der Waals surface area contributed by atoms with E-state index in [1.165, 1.54) is 6.21 Å². The topological polar surface area (TPSA) is 106 Å². The zero-order chi connectivity index (χ0) is 23.5. The number of amides is 1. The summed E-state index contributed by atoms with van der Waals surface area (Å²) in [5.74, 6) is -0.193. The Labute approximate surface area is 191 Å². The van der Waals surface area contributed by atoms with Crippen molar-refractivity contribution in [2.45, 2.75) is 13.5 Å². The molecule has 8 heteroatoms. The molecule has 0 fully saturated rings. The van der Waals surface area contributed by atoms with Gasteiger partial charge >= 0.3 is 5.97 Å². The summed E-state index contributed by atoms with van der Waals surface area (Å²) >= 11 is 0. The zero-order valence-corrected chi connectivity index (χ0v) is 18.1. The highest BCUT2D eigenvalue weighted by Gasteiger charge is 2.12. The van der Waals surface area contributed by atoms with Gasteiger partial charge in [0.1, 0.15) is 12.4 Å². The second-order valence-corrected chi connectivity index (χ2v) is 6.79. The van der Waals surface area contributed by atoms with Crippen LogP contribution in [0.5, 0.6) is 17.2 Å². The molecule has 0 aliphatic carbocycles. The van der Waals surface area contributed by atoms with Crippen LogP contribution in [0.25, 0.3) is 0 Å². The average molecular weight is 448 g/mol. The molecule has 2 N–H and O–H groups in total. The van der Waals surface area contributed by atoms with Gasteiger partial charge in [-0.25, -0.2) is 10.2 Å². The molecule has 0 radical (unpaired) electrons. The summed E-state index contributed by atoms with van der Waals surface area (Å²) in [6.07, 6.45) is 1.38. The molecule has 170 valence electrons. The third kappa shape index (κ3) is 7.10. The van der Waals surface area contributed by atoms with E-state index < -0.39 is 18.5 Å². The molecule has 3 rings (SSSR count). The predicted octanol–water partition coefficient (Wildman–Crippen LogP) is 3.89. The Morgan fingerprint density at radius 2 is 1.67 bits per heavy atom. The third-order valence-electron chi connectivity index (χ3n) is 4.38. The summed E-state index contributed by atoms with van der Waals surface area (Å²) in [4.78, 5) is 23.3. The number of hydrogen-bond acceptors (Lipinski definition) is 6. The number of hydrogen-bond donors (Lipinski definition) is 2. The highest BCUT2D eigenvalue weighted by molar-refractivity contribution is 5.95. The van der Waals surface area contributed by atoms with E-state index in [1.54, 1.807) is 42.5 Å². The Hall–Kier alpha value is -4.33. The maximum absolute atomic E-state index is 12.6. The Morgan fingerprint density at radius 1 is 0.909 bits per heavy atom. The van der Waals surface area contributed by atoms with E-state index in [9.17, 15) is 9.59 Å². The number of carbonyl (C=O) groups excluding carboxylic acids is 1. The van der Waals surface area contributed by atoms with Gasteiger partial charge in [-0.05, 0) is 42.8 Å². The molecule has 0 spiro atoms. The summed E-state index contributed by atoms with van der Waals surface area (Å²) in [6.45, 7) is 2.16. The van der Waals surface area contributed by atoms with Crippen molar-refractivity contribution in [3.8, 4) is 17.2 Å². The molecular formula is C25H24N2O6. The summed E-state index contributed by atoms with van der Waals surface area (Å²) in [5, 5.41) is 12.7. The van der Waals surface area contributed by atoms with E-state index in [-0.39, 0.29) is 0 Å². The lowest BCUT2D eigenvalue weighted by Crippen LogP contribution is -2.18. The van der Waals surface area contributed by atoms with E-state index in [1.807, 2.05) is 37.3 Å². The highest BCUT2D eigenvalue weighted by Crippen LogP contribution is 2.29. The zero-order valence-electron chi connectivity index (χ0n) is 18.1. The van der Waals surface area contributed by atoms with Crippen LogP contribution in [0.15, 0.2) is 77.9 Å². The summed E-state index contributed by atoms with van der Waals surface area (Å²) in [7, 11) is 0. The first-order valence-electron chi connectivity index (χ1n) is 10.3. The smallest absolute Gasteiger partial charge is 0.341 e. The maximum atomic E-state index is 12.6. The molecule has 3 aromatic carbocycles. The number of ether oxygens (including phenoxy) is 3. The van der Waals surface area contributed by atoms with Crippen molar-refractivity contribution < 1.29 is 28.9 Å². The minimum absolute atomic E-state index is 0.344. The van der Waals surface area contributed by atoms with Gasteiger partial charge in [-0.2, -0.15) is 5.10 Å². The Kier molecular flexibility index (Phi) is 8.41. The summed E-state index contributed by atoms with van der Waals surface area (Å²) in [5.41, 5.74) is 4.34. The molecule has 0 aliphatic heterocycles. The maximum Gasteiger partial charge on any atom is 0.341 e. The van der Waals surface area contributed by atoms with Crippen molar-refractivity contribution in [2.24, 2.45) is 5.10 Å². The van der Waals surface area contributed by atoms with Crippen LogP contribution in [-0.4, -0.2) is 36.4 Å². The van der Waals surface area contributed by atoms with E-state index >= 15 is 0 Å². The molecule has 1 amide bonds. The molecule has 0 aromatic heterocycles. The normalized spacial score (nSPS) is 10.6. The van der Waals surface area contributed by atoms with E-state index in [0.29, 0.717) is 41.6 Å². The molecule has 3 aromatic rings. The van der Waals surface area contributed by atoms with Crippen molar-refractivity contribution in [1.82, 2.24) is 5.43 Å². The number of para-hydroxylation sites is 1. The fraction of sp³-hybridized carbons (Fsp3) is 0.160. The van der Waals surface area contributed by atoms with Crippen molar-refractivity contribution in [2.75, 3.05) is 13.2 Å². The Morgan fingerprint density at radius 3 is 2.42 bits per heavy atom. The minimum atomic E-state index is -1.09. The molecule has 33 heavy (non-hydrogen) atoms. The first-order chi connectivity index (χ1) is 16.1. The van der Waals surface area contributed by atoms with Gasteiger partial charge in [-0.1, -0.05) is 42.5 Å². The van der Waals surface area contributed by atoms with Crippen molar-refractivity contribution >= 4 is 18.1 Å². The lowest BCUT2D eigenvalue weighted by Gasteiger charge is -2.13. The molecular weight excluding hydrogens is 424 g/mol. The van der Waals surface area contributed by atoms with Crippen molar-refractivity contribution in [3.63, 3.8) is 0 Å². The van der Waals surface area contributed by atoms with Crippen LogP contribution in [-0.2, 0) is 11.4 Å². The standard InChI is InChI=1S/C25H24N2O6/c1-2-31-23-14-19(12-13-22(23)32-16-18-8-4-3-5-9-18)25(30)27-26-15-20-10-6-7-11-21(20)33-17-24(28)29/h3-15H,2,16-17H2,1H3,(H,27,30)(H,28,29)/b26-15+. The second-order valence-electron chi connectivity index (χ2n) is 6.79. The number of aliphatic carboxylic acids is 1. The Balaban J connectivity index is 1.66. The number of nitrogens with zero attached hydrogens (tertiary/aromatic N) is 1. The fourth-order valence-electron chi connectivity index (χ4n) is 2.86. The van der Waals surface area contributed by atoms with Crippen LogP contribution in [0, 0.1) is 0 Å². The molecule has 0 saturated carbocycles. The van der Waals surface area contributed by atoms with Crippen LogP contribution in [0.2, 0.25) is 0 Å². The van der Waals surface area contributed by atoms with Crippen LogP contribution < -0.4 is 19.6 Å². The number of carboxylic acids is 1. The van der Waals surface area contributed by atoms with Gasteiger partial charge in [0.2, 0.25) is 0 Å². The minimum Gasteiger partial charge on any atom is -0.490 e. The average Bonchev–Trinajstić information content (AvgIpc) is 2.83. The number of carbonyl (C=O) groups is 2. The van der Waals surface area contributed by atoms with Gasteiger partial charge < -0.3 is 19.3 Å². The lowest BCUT2D eigenvalue weighted by molar-refractivity contribution is -0.139. The largest absolute Gasteiger partial charge is 0.490 e. The monoisotopic (exact) mass is 448 g/mol. The fourth-order valence-corrected chi connectivity index (χ4v) is 2.86. The van der Waals surface area contributed by atoms with Crippen LogP contribution in [0.3, 0.4) is 0 Å². The van der Waals surface area contributed by atoms with Gasteiger partial charge in [-0.3, -0.25) is 4.79 Å². The molecule has 0 heterocycles. The first kappa shape index (κ1) is 23.3. The second kappa shape index (κ2) is 11.9. The predicted molar refractivity (Wildman–Crippen MR) is 123 cm³/mol. The number of carboxylic acid groups (broad SMARTS) is 1. The number of benzene rings is 3. The number of hydrazone groups is 1. The van der Waals surface area contributed by atoms with E-state index in [4.69, 9.17) is 19.3 Å². The summed E-state index contributed by atoms with van der Waals surface area (Å²) < 4.78 is 16.7. The molecule has 8 nitrogen and oxygen atoms in total. The quantitative estimate of drug-likeness (QED) is 0.340. The molecule has 0 aliphatic rings. The number of rotatable bonds is 11. The van der Waals surface area contributed by atoms with Crippen molar-refractivity contribution in [1.29, 1.82) is 0 Å². The molecule has 0 saturated heterocycles. The number of nitrogens with one attached hydrogen (secondary N) is 1. The van der Waals surface area contributed by atoms with Crippen molar-refractivity contribution in [3.05, 3.63) is 89.5 Å². The van der Waals surface area contributed by atoms with Crippen LogP contribution in [0.4, 0.5) is 0 Å². The Bertz CT molecular complexity index is 1110. The molecule has 0 unspecified atom stereocenters. The summed E-state index contributed by atoms with van der Waals surface area (Å²) in [6, 6.07) is 21.4. The van der Waals surface area contributed by atoms with Gasteiger partial charge in [-0.15, -0.1) is 0 Å². The van der Waals surface area contributed by atoms with E-state index in [2.05, 4.69) is 10.5 Å². The molecule has 0 bridgehead atoms. The van der Waals surface area contributed by atoms with Gasteiger partial charge in [0, 0.05) is 11.1 Å². The van der Waals surface area contributed by atoms with Gasteiger partial charge in [0.25, 0.3) is 5.91 Å². The van der Waals surface area contributed by atoms with Gasteiger partial charge in [0.15, 0.2) is 18.1 Å². The van der Waals surface area contributed by atoms with Crippen LogP contribution >= 0.6 is 0 Å². The lowest BCUT2D eigenvalue weighted by atomic mass is 10.2. The highest BCUT2D eigenvalue weighted by atomic mass is 16.5. The SMILES string of the molecule is CCOc1cc(C(=O)N/N=C/c2ccccc2OCC(=O)O)ccc1OCc1ccccc1. The first-order valence-corrected chi connectivity index (χ1v) is 10.3. The molecule has 0 atom stereocenters.